The van der Waals surface area contributed by atoms with Gasteiger partial charge in [0.1, 0.15) is 29.4 Å². The molecule has 0 radical (unpaired) electrons. The number of hydrogen-bond acceptors (Lipinski definition) is 30. The molecule has 876 valence electrons. The summed E-state index contributed by atoms with van der Waals surface area (Å²) in [6.07, 6.45) is 19.5. The number of benzene rings is 2. The minimum absolute atomic E-state index is 0.0149. The lowest BCUT2D eigenvalue weighted by Gasteiger charge is -2.41. The van der Waals surface area contributed by atoms with Crippen LogP contribution in [0.4, 0.5) is 4.79 Å². The lowest BCUT2D eigenvalue weighted by atomic mass is 9.84. The van der Waals surface area contributed by atoms with E-state index < -0.39 is 31.8 Å². The Morgan fingerprint density at radius 3 is 0.867 bits per heavy atom. The summed E-state index contributed by atoms with van der Waals surface area (Å²) in [5, 5.41) is 0. The summed E-state index contributed by atoms with van der Waals surface area (Å²) in [5.41, 5.74) is 4.29. The van der Waals surface area contributed by atoms with Gasteiger partial charge >= 0.3 is 6.16 Å². The standard InChI is InChI=1S/C16H30O4.C15H28O4.C13H22O5.C13H26O4.C13H30O3Si2.C13H18O2.C12H16O2.C11H26O3Si2.C10H20O3/c1-3-15(11-19-12-15)9-17-7-5-6-8-18-10-16(4-2)13-20-14-16;1-4-14(8-17-9-14)7-16-6-13(3)19-12-15(5-2)10-18-11-15;1-3-12(5-15-6-12)9-17-11(14)18-10-13(4-2)7-16-8-13;1-3-13(11-17-12-13)10-16-7-5-4-6-15-9-8-14-2;1-6-13(11-15-12-13)10-14-8-7-9-18(4,5)16-17(2)3;1-2-13(10-15-11-13)9-14-8-12-6-4-3-5-7-12;1-2-12(8-13-9-12)10-14-11-6-4-3-5-7-11;1-4-11(9-13-10-11)8-12-6-5-7-16(2,3)14-15;1-3-10(8-13-9-10)7-12-6-5-11-4-2/h3-14H2,1-2H3;13H,4-12H2,1-3H3;3-10H2,1-2H3;3-12H2,1-2H3;17H,6-12H2,1-5H3;3-7H,2,8-11H2,1H3;3-7H,2,8-10H2,1H3;4-10H2,1-3,15H3;3-9H2,1-2H3. The predicted molar refractivity (Wildman–Crippen MR) is 601 cm³/mol. The maximum atomic E-state index is 11.5. The van der Waals surface area contributed by atoms with Gasteiger partial charge in [0.2, 0.25) is 0 Å². The molecule has 150 heavy (non-hydrogen) atoms. The number of unbranched alkanes of at least 4 members (excludes halogenated alkanes) is 2. The molecule has 0 amide bonds. The molecular formula is C116H216O30Si4. The number of hydrogen-bond donors (Lipinski definition) is 0. The highest BCUT2D eigenvalue weighted by Crippen LogP contribution is 2.41. The number of carbonyl (C=O) groups is 1. The highest BCUT2D eigenvalue weighted by Gasteiger charge is 2.47. The third-order valence-electron chi connectivity index (χ3n) is 32.4. The summed E-state index contributed by atoms with van der Waals surface area (Å²) in [4.78, 5) is 11.5. The van der Waals surface area contributed by atoms with Crippen molar-refractivity contribution in [3.05, 3.63) is 66.2 Å². The van der Waals surface area contributed by atoms with Gasteiger partial charge in [-0.25, -0.2) is 4.79 Å². The predicted octanol–water partition coefficient (Wildman–Crippen LogP) is 19.7. The van der Waals surface area contributed by atoms with Crippen molar-refractivity contribution in [3.8, 4) is 5.75 Å². The van der Waals surface area contributed by atoms with Crippen molar-refractivity contribution in [3.63, 3.8) is 0 Å². The van der Waals surface area contributed by atoms with Crippen LogP contribution < -0.4 is 4.74 Å². The third kappa shape index (κ3) is 50.7. The summed E-state index contributed by atoms with van der Waals surface area (Å²) in [5.74, 6) is 0.951. The zero-order valence-electron chi connectivity index (χ0n) is 98.5. The third-order valence-corrected chi connectivity index (χ3v) is 44.4. The van der Waals surface area contributed by atoms with E-state index in [1.54, 1.807) is 7.11 Å². The van der Waals surface area contributed by atoms with E-state index in [0.29, 0.717) is 117 Å². The van der Waals surface area contributed by atoms with Crippen LogP contribution in [0, 0.1) is 65.0 Å². The summed E-state index contributed by atoms with van der Waals surface area (Å²) in [6, 6.07) is 22.7. The van der Waals surface area contributed by atoms with Crippen LogP contribution in [-0.2, 0) is 138 Å². The van der Waals surface area contributed by atoms with E-state index in [1.807, 2.05) is 55.5 Å². The van der Waals surface area contributed by atoms with Crippen LogP contribution in [0.5, 0.6) is 5.75 Å². The van der Waals surface area contributed by atoms with Crippen molar-refractivity contribution < 1.29 is 141 Å². The molecule has 0 N–H and O–H groups in total. The number of carbonyl (C=O) groups excluding carboxylic acids is 1. The fraction of sp³-hybridized carbons (Fsp3) is 0.888. The van der Waals surface area contributed by atoms with Crippen molar-refractivity contribution in [2.45, 2.75) is 277 Å². The average molecular weight is 2200 g/mol. The van der Waals surface area contributed by atoms with Gasteiger partial charge in [-0.3, -0.25) is 0 Å². The number of para-hydroxylation sites is 1. The second-order valence-electron chi connectivity index (χ2n) is 46.8. The molecule has 2 aromatic carbocycles. The Kier molecular flexibility index (Phi) is 67.1. The fourth-order valence-electron chi connectivity index (χ4n) is 17.4. The van der Waals surface area contributed by atoms with Crippen LogP contribution in [0.25, 0.3) is 0 Å². The van der Waals surface area contributed by atoms with E-state index in [4.69, 9.17) is 136 Å². The van der Waals surface area contributed by atoms with Gasteiger partial charge in [0.25, 0.3) is 0 Å². The Labute approximate surface area is 915 Å². The molecular weight excluding hydrogens is 1990 g/mol. The highest BCUT2D eigenvalue weighted by atomic mass is 28.4. The van der Waals surface area contributed by atoms with Crippen molar-refractivity contribution in [1.82, 2.24) is 0 Å². The van der Waals surface area contributed by atoms with Crippen molar-refractivity contribution >= 4 is 42.3 Å². The van der Waals surface area contributed by atoms with Crippen molar-refractivity contribution in [2.75, 3.05) is 324 Å². The molecule has 0 spiro atoms. The molecule has 1 atom stereocenters. The van der Waals surface area contributed by atoms with E-state index in [1.165, 1.54) is 17.7 Å². The van der Waals surface area contributed by atoms with Gasteiger partial charge in [-0.15, -0.1) is 0 Å². The molecule has 2 aromatic rings. The highest BCUT2D eigenvalue weighted by molar-refractivity contribution is 6.77. The smallest absolute Gasteiger partial charge is 0.493 e. The van der Waals surface area contributed by atoms with E-state index in [9.17, 15) is 4.79 Å². The first-order valence-electron chi connectivity index (χ1n) is 57.8. The Hall–Kier alpha value is -2.66. The molecule has 0 aliphatic carbocycles. The largest absolute Gasteiger partial charge is 0.508 e. The second-order valence-corrected chi connectivity index (χ2v) is 59.5. The first-order valence-corrected chi connectivity index (χ1v) is 67.7. The molecule has 0 aromatic heterocycles. The van der Waals surface area contributed by atoms with Crippen LogP contribution in [0.3, 0.4) is 0 Å². The summed E-state index contributed by atoms with van der Waals surface area (Å²) in [7, 11) is -1.05. The van der Waals surface area contributed by atoms with Crippen LogP contribution in [0.2, 0.25) is 51.4 Å². The SMILES string of the molecule is CCC1(COC(=O)OCC2(CC)COC2)COC1.CCC1(COCC(C)OCC2(CC)COC2)COC1.CCC1(COCCCCOCC2(CC)COC2)COC1.CCC1(COCCCCOCCOC)COC1.CCC1(COCCC[Si](C)(C)O[SiH3])COC1.CCC1(COCCC[Si](C)(C)O[SiH](C)C)COC1.CCC1(COCc2ccccc2)COC1.CCC1(COc2ccccc2)COC1.CCOCCOCC1(CC)COC1. The monoisotopic (exact) mass is 2200 g/mol. The van der Waals surface area contributed by atoms with E-state index in [2.05, 4.69) is 141 Å². The van der Waals surface area contributed by atoms with Crippen molar-refractivity contribution in [2.24, 2.45) is 65.0 Å². The first-order chi connectivity index (χ1) is 72.3. The van der Waals surface area contributed by atoms with Crippen LogP contribution in [0.1, 0.15) is 218 Å². The molecule has 0 saturated carbocycles. The number of rotatable bonds is 70. The maximum Gasteiger partial charge on any atom is 0.508 e. The van der Waals surface area contributed by atoms with Gasteiger partial charge in [0, 0.05) is 102 Å². The number of methoxy groups -OCH3 is 1. The first kappa shape index (κ1) is 136. The van der Waals surface area contributed by atoms with Crippen LogP contribution in [-0.4, -0.2) is 373 Å². The molecule has 12 saturated heterocycles. The lowest BCUT2D eigenvalue weighted by Crippen LogP contribution is -2.47. The van der Waals surface area contributed by atoms with Gasteiger partial charge in [-0.1, -0.05) is 132 Å². The van der Waals surface area contributed by atoms with Gasteiger partial charge in [-0.2, -0.15) is 0 Å². The Balaban J connectivity index is 0.000000258. The summed E-state index contributed by atoms with van der Waals surface area (Å²) < 4.78 is 158. The topological polar surface area (TPSA) is 285 Å². The Morgan fingerprint density at radius 2 is 0.573 bits per heavy atom. The molecule has 1 unspecified atom stereocenters. The van der Waals surface area contributed by atoms with Gasteiger partial charge in [0.15, 0.2) is 25.7 Å². The zero-order valence-corrected chi connectivity index (χ0v) is 104. The molecule has 14 rings (SSSR count). The Morgan fingerprint density at radius 1 is 0.313 bits per heavy atom. The minimum atomic E-state index is -1.41. The molecule has 12 aliphatic rings. The van der Waals surface area contributed by atoms with Crippen molar-refractivity contribution in [1.29, 1.82) is 0 Å². The van der Waals surface area contributed by atoms with E-state index >= 15 is 0 Å². The zero-order chi connectivity index (χ0) is 109. The quantitative estimate of drug-likeness (QED) is 0.0338. The Bertz CT molecular complexity index is 3510. The summed E-state index contributed by atoms with van der Waals surface area (Å²) >= 11 is 0. The van der Waals surface area contributed by atoms with Gasteiger partial charge in [0.05, 0.1) is 287 Å². The van der Waals surface area contributed by atoms with Crippen LogP contribution >= 0.6 is 0 Å². The average Bonchev–Trinajstić information content (AvgIpc) is 0.831. The lowest BCUT2D eigenvalue weighted by molar-refractivity contribution is -0.175. The molecule has 0 bridgehead atoms. The molecule has 12 heterocycles. The minimum Gasteiger partial charge on any atom is -0.493 e. The molecule has 34 heteroatoms. The maximum absolute atomic E-state index is 11.5. The number of ether oxygens (including phenoxy) is 27. The van der Waals surface area contributed by atoms with E-state index in [0.717, 1.165) is 376 Å². The van der Waals surface area contributed by atoms with Gasteiger partial charge in [-0.05, 0) is 198 Å². The second kappa shape index (κ2) is 74.0. The molecule has 30 nitrogen and oxygen atoms in total. The summed E-state index contributed by atoms with van der Waals surface area (Å²) in [6.45, 7) is 83.0. The van der Waals surface area contributed by atoms with E-state index in [-0.39, 0.29) is 33.2 Å². The van der Waals surface area contributed by atoms with Crippen LogP contribution in [0.15, 0.2) is 60.7 Å². The fourth-order valence-corrected chi connectivity index (χ4v) is 25.8. The van der Waals surface area contributed by atoms with Gasteiger partial charge < -0.3 is 136 Å². The molecule has 12 aliphatic heterocycles. The normalized spacial score (nSPS) is 20.9. The molecule has 12 fully saturated rings.